The van der Waals surface area contributed by atoms with Gasteiger partial charge in [-0.05, 0) is 13.2 Å². The predicted octanol–water partition coefficient (Wildman–Crippen LogP) is 2.41. The maximum Gasteiger partial charge on any atom is 0.302 e. The van der Waals surface area contributed by atoms with Crippen LogP contribution < -0.4 is 0 Å². The highest BCUT2D eigenvalue weighted by Gasteiger charge is 2.47. The fraction of sp³-hybridized carbons (Fsp3) is 0.294. The van der Waals surface area contributed by atoms with Crippen molar-refractivity contribution in [2.45, 2.75) is 24.1 Å². The van der Waals surface area contributed by atoms with E-state index in [-0.39, 0.29) is 16.3 Å². The molecule has 3 atom stereocenters. The molecule has 25 heavy (non-hydrogen) atoms. The van der Waals surface area contributed by atoms with E-state index in [9.17, 15) is 5.26 Å². The first-order chi connectivity index (χ1) is 12.1. The van der Waals surface area contributed by atoms with Crippen molar-refractivity contribution in [1.29, 1.82) is 5.26 Å². The van der Waals surface area contributed by atoms with Crippen molar-refractivity contribution in [3.05, 3.63) is 53.8 Å². The highest BCUT2D eigenvalue weighted by molar-refractivity contribution is 8.00. The Kier molecular flexibility index (Phi) is 3.73. The topological polar surface area (TPSA) is 89.6 Å². The van der Waals surface area contributed by atoms with E-state index in [1.165, 1.54) is 18.7 Å². The fourth-order valence-corrected chi connectivity index (χ4v) is 2.97. The molecule has 1 aromatic heterocycles. The van der Waals surface area contributed by atoms with Crippen molar-refractivity contribution in [2.75, 3.05) is 6.26 Å². The largest absolute Gasteiger partial charge is 0.448 e. The molecular formula is C17H14N4O3S. The monoisotopic (exact) mass is 354 g/mol. The van der Waals surface area contributed by atoms with E-state index in [1.807, 2.05) is 18.5 Å². The summed E-state index contributed by atoms with van der Waals surface area (Å²) >= 11 is 1.67. The van der Waals surface area contributed by atoms with Crippen LogP contribution in [0.15, 0.2) is 53.3 Å². The number of thioether (sulfide) groups is 1. The summed E-state index contributed by atoms with van der Waals surface area (Å²) in [6, 6.07) is 2.08. The Morgan fingerprint density at radius 3 is 2.80 bits per heavy atom. The second kappa shape index (κ2) is 5.93. The summed E-state index contributed by atoms with van der Waals surface area (Å²) in [5, 5.41) is 9.46. The van der Waals surface area contributed by atoms with Gasteiger partial charge in [0.25, 0.3) is 6.29 Å². The number of fused-ring (bicyclic) bond motifs is 2. The van der Waals surface area contributed by atoms with Crippen LogP contribution in [0.4, 0.5) is 0 Å². The number of allylic oxidation sites excluding steroid dienone is 1. The van der Waals surface area contributed by atoms with Gasteiger partial charge in [0, 0.05) is 24.2 Å². The van der Waals surface area contributed by atoms with Crippen LogP contribution in [0.1, 0.15) is 12.5 Å². The summed E-state index contributed by atoms with van der Waals surface area (Å²) in [6.45, 7) is 2.07. The molecule has 3 unspecified atom stereocenters. The van der Waals surface area contributed by atoms with Crippen LogP contribution in [0.25, 0.3) is 5.57 Å². The van der Waals surface area contributed by atoms with Gasteiger partial charge in [-0.25, -0.2) is 15.0 Å². The lowest BCUT2D eigenvalue weighted by Gasteiger charge is -2.17. The summed E-state index contributed by atoms with van der Waals surface area (Å²) in [4.78, 5) is 12.3. The van der Waals surface area contributed by atoms with Crippen LogP contribution in [0.2, 0.25) is 0 Å². The van der Waals surface area contributed by atoms with Crippen LogP contribution in [0, 0.1) is 11.3 Å². The van der Waals surface area contributed by atoms with Gasteiger partial charge in [-0.15, -0.1) is 11.8 Å². The minimum atomic E-state index is -0.659. The SMILES string of the molecule is CSC1(C)C=CC2=C(N=C1)OC1O/C(=C(/C#N)c3cncnc3)OC21. The third-order valence-electron chi connectivity index (χ3n) is 4.12. The molecule has 0 spiro atoms. The molecule has 3 aliphatic rings. The van der Waals surface area contributed by atoms with Crippen molar-refractivity contribution in [2.24, 2.45) is 4.99 Å². The number of aliphatic imine (C=N–C) groups is 1. The van der Waals surface area contributed by atoms with Crippen LogP contribution >= 0.6 is 11.8 Å². The quantitative estimate of drug-likeness (QED) is 0.753. The molecule has 1 fully saturated rings. The van der Waals surface area contributed by atoms with Crippen LogP contribution in [-0.4, -0.2) is 39.6 Å². The number of aromatic nitrogens is 2. The molecule has 8 heteroatoms. The Morgan fingerprint density at radius 1 is 1.28 bits per heavy atom. The number of rotatable bonds is 2. The van der Waals surface area contributed by atoms with E-state index in [2.05, 4.69) is 34.0 Å². The fourth-order valence-electron chi connectivity index (χ4n) is 2.61. The molecule has 1 aromatic rings. The van der Waals surface area contributed by atoms with Gasteiger partial charge in [0.05, 0.1) is 10.3 Å². The molecule has 0 aliphatic carbocycles. The molecule has 4 heterocycles. The third-order valence-corrected chi connectivity index (χ3v) is 5.24. The minimum Gasteiger partial charge on any atom is -0.448 e. The second-order valence-electron chi connectivity index (χ2n) is 5.78. The van der Waals surface area contributed by atoms with E-state index < -0.39 is 12.4 Å². The van der Waals surface area contributed by atoms with Gasteiger partial charge in [-0.2, -0.15) is 5.26 Å². The van der Waals surface area contributed by atoms with Crippen molar-refractivity contribution < 1.29 is 14.2 Å². The minimum absolute atomic E-state index is 0.119. The van der Waals surface area contributed by atoms with Gasteiger partial charge >= 0.3 is 5.95 Å². The Hall–Kier alpha value is -2.79. The van der Waals surface area contributed by atoms with Crippen LogP contribution in [0.5, 0.6) is 0 Å². The normalized spacial score (nSPS) is 31.2. The van der Waals surface area contributed by atoms with Gasteiger partial charge in [-0.1, -0.05) is 12.2 Å². The first-order valence-electron chi connectivity index (χ1n) is 7.57. The Balaban J connectivity index is 1.65. The molecule has 0 saturated carbocycles. The summed E-state index contributed by atoms with van der Waals surface area (Å²) in [5.74, 6) is 0.609. The maximum absolute atomic E-state index is 9.46. The zero-order chi connectivity index (χ0) is 17.4. The molecule has 0 radical (unpaired) electrons. The zero-order valence-corrected chi connectivity index (χ0v) is 14.4. The zero-order valence-electron chi connectivity index (χ0n) is 13.5. The predicted molar refractivity (Wildman–Crippen MR) is 92.0 cm³/mol. The van der Waals surface area contributed by atoms with Gasteiger partial charge in [0.1, 0.15) is 18.0 Å². The lowest BCUT2D eigenvalue weighted by molar-refractivity contribution is -0.0474. The molecule has 7 nitrogen and oxygen atoms in total. The summed E-state index contributed by atoms with van der Waals surface area (Å²) in [7, 11) is 0. The number of ether oxygens (including phenoxy) is 3. The third kappa shape index (κ3) is 2.66. The van der Waals surface area contributed by atoms with Crippen molar-refractivity contribution in [3.63, 3.8) is 0 Å². The summed E-state index contributed by atoms with van der Waals surface area (Å²) in [5.41, 5.74) is 1.56. The standard InChI is InChI=1S/C17H14N4O3S/c1-17(25-2)4-3-11-13-16(23-14(11)21-8-17)24-15(22-13)12(5-18)10-6-19-9-20-7-10/h3-4,6-9,13,16H,1-2H3/b15-12-. The van der Waals surface area contributed by atoms with Crippen LogP contribution in [-0.2, 0) is 14.2 Å². The number of hydrogen-bond acceptors (Lipinski definition) is 8. The highest BCUT2D eigenvalue weighted by Crippen LogP contribution is 2.41. The average molecular weight is 354 g/mol. The molecule has 0 amide bonds. The Morgan fingerprint density at radius 2 is 2.08 bits per heavy atom. The Bertz CT molecular complexity index is 872. The van der Waals surface area contributed by atoms with E-state index in [0.717, 1.165) is 5.57 Å². The van der Waals surface area contributed by atoms with Crippen molar-refractivity contribution in [1.82, 2.24) is 9.97 Å². The molecule has 4 rings (SSSR count). The molecule has 3 aliphatic heterocycles. The molecular weight excluding hydrogens is 340 g/mol. The lowest BCUT2D eigenvalue weighted by Crippen LogP contribution is -2.21. The first kappa shape index (κ1) is 15.7. The first-order valence-corrected chi connectivity index (χ1v) is 8.79. The van der Waals surface area contributed by atoms with Crippen molar-refractivity contribution >= 4 is 23.5 Å². The maximum atomic E-state index is 9.46. The highest BCUT2D eigenvalue weighted by atomic mass is 32.2. The van der Waals surface area contributed by atoms with Crippen molar-refractivity contribution in [3.8, 4) is 6.07 Å². The van der Waals surface area contributed by atoms with Gasteiger partial charge in [0.2, 0.25) is 12.0 Å². The van der Waals surface area contributed by atoms with E-state index in [1.54, 1.807) is 11.8 Å². The van der Waals surface area contributed by atoms with Gasteiger partial charge in [0.15, 0.2) is 0 Å². The van der Waals surface area contributed by atoms with E-state index in [4.69, 9.17) is 14.2 Å². The molecule has 0 bridgehead atoms. The Labute approximate surface area is 148 Å². The second-order valence-corrected chi connectivity index (χ2v) is 7.07. The van der Waals surface area contributed by atoms with Crippen LogP contribution in [0.3, 0.4) is 0 Å². The number of hydrogen-bond donors (Lipinski definition) is 0. The molecule has 1 saturated heterocycles. The number of nitriles is 1. The summed E-state index contributed by atoms with van der Waals surface area (Å²) < 4.78 is 17.1. The number of nitrogens with zero attached hydrogens (tertiary/aromatic N) is 4. The average Bonchev–Trinajstić information content (AvgIpc) is 3.12. The lowest BCUT2D eigenvalue weighted by atomic mass is 10.1. The van der Waals surface area contributed by atoms with E-state index >= 15 is 0 Å². The van der Waals surface area contributed by atoms with Gasteiger partial charge < -0.3 is 14.2 Å². The van der Waals surface area contributed by atoms with E-state index in [0.29, 0.717) is 11.4 Å². The molecule has 0 aromatic carbocycles. The molecule has 0 N–H and O–H groups in total. The van der Waals surface area contributed by atoms with Gasteiger partial charge in [-0.3, -0.25) is 0 Å². The molecule has 126 valence electrons. The smallest absolute Gasteiger partial charge is 0.302 e. The summed E-state index contributed by atoms with van der Waals surface area (Å²) in [6.07, 6.45) is 11.2.